The van der Waals surface area contributed by atoms with Gasteiger partial charge >= 0.3 is 0 Å². The molecule has 0 atom stereocenters. The van der Waals surface area contributed by atoms with Crippen molar-refractivity contribution in [1.82, 2.24) is 9.88 Å². The normalized spacial score (nSPS) is 11.9. The molecule has 0 spiro atoms. The molecule has 6 nitrogen and oxygen atoms in total. The van der Waals surface area contributed by atoms with E-state index in [9.17, 15) is 13.2 Å². The first-order chi connectivity index (χ1) is 14.6. The maximum absolute atomic E-state index is 13.6. The van der Waals surface area contributed by atoms with Crippen molar-refractivity contribution >= 4 is 54.0 Å². The number of hydrogen-bond acceptors (Lipinski definition) is 6. The molecule has 1 heterocycles. The maximum Gasteiger partial charge on any atom is 0.261 e. The van der Waals surface area contributed by atoms with Crippen molar-refractivity contribution in [3.63, 3.8) is 0 Å². The number of hydrogen-bond donors (Lipinski definition) is 0. The Morgan fingerprint density at radius 1 is 1.16 bits per heavy atom. The number of aryl methyl sites for hydroxylation is 1. The summed E-state index contributed by atoms with van der Waals surface area (Å²) in [5, 5.41) is 1.15. The van der Waals surface area contributed by atoms with Gasteiger partial charge in [0.05, 0.1) is 26.4 Å². The zero-order valence-corrected chi connectivity index (χ0v) is 20.4. The van der Waals surface area contributed by atoms with E-state index < -0.39 is 9.84 Å². The summed E-state index contributed by atoms with van der Waals surface area (Å²) in [5.41, 5.74) is 1.90. The average molecular weight is 480 g/mol. The van der Waals surface area contributed by atoms with Crippen LogP contribution >= 0.6 is 22.9 Å². The van der Waals surface area contributed by atoms with E-state index in [-0.39, 0.29) is 22.1 Å². The van der Waals surface area contributed by atoms with Gasteiger partial charge in [-0.05, 0) is 63.8 Å². The zero-order chi connectivity index (χ0) is 22.8. The van der Waals surface area contributed by atoms with Crippen molar-refractivity contribution < 1.29 is 13.2 Å². The molecule has 9 heteroatoms. The van der Waals surface area contributed by atoms with Gasteiger partial charge in [0.2, 0.25) is 0 Å². The van der Waals surface area contributed by atoms with Gasteiger partial charge in [-0.15, -0.1) is 0 Å². The number of amides is 1. The lowest BCUT2D eigenvalue weighted by molar-refractivity contribution is 0.0983. The Kier molecular flexibility index (Phi) is 7.36. The number of nitrogens with zero attached hydrogens (tertiary/aromatic N) is 3. The second-order valence-electron chi connectivity index (χ2n) is 7.58. The van der Waals surface area contributed by atoms with E-state index in [1.165, 1.54) is 17.4 Å². The minimum atomic E-state index is -3.55. The SMILES string of the molecule is CCS(=O)(=O)c1ccccc1C(=O)N(CCCN(C)C)c1nc2c(C)cc(Cl)cc2s1. The lowest BCUT2D eigenvalue weighted by Crippen LogP contribution is -2.34. The minimum absolute atomic E-state index is 0.0560. The van der Waals surface area contributed by atoms with Crippen LogP contribution in [-0.4, -0.2) is 57.1 Å². The molecular formula is C22H26ClN3O3S2. The van der Waals surface area contributed by atoms with Crippen molar-refractivity contribution in [1.29, 1.82) is 0 Å². The fraction of sp³-hybridized carbons (Fsp3) is 0.364. The van der Waals surface area contributed by atoms with E-state index in [2.05, 4.69) is 0 Å². The lowest BCUT2D eigenvalue weighted by Gasteiger charge is -2.22. The van der Waals surface area contributed by atoms with Gasteiger partial charge in [-0.25, -0.2) is 13.4 Å². The van der Waals surface area contributed by atoms with E-state index >= 15 is 0 Å². The summed E-state index contributed by atoms with van der Waals surface area (Å²) in [6.07, 6.45) is 0.719. The summed E-state index contributed by atoms with van der Waals surface area (Å²) in [7, 11) is 0.390. The first kappa shape index (κ1) is 23.7. The van der Waals surface area contributed by atoms with Crippen LogP contribution in [0.2, 0.25) is 5.02 Å². The first-order valence-corrected chi connectivity index (χ1v) is 12.8. The number of fused-ring (bicyclic) bond motifs is 1. The molecule has 0 aliphatic carbocycles. The Morgan fingerprint density at radius 2 is 1.87 bits per heavy atom. The van der Waals surface area contributed by atoms with Gasteiger partial charge in [0.1, 0.15) is 0 Å². The maximum atomic E-state index is 13.6. The molecule has 166 valence electrons. The summed E-state index contributed by atoms with van der Waals surface area (Å²) < 4.78 is 26.1. The third kappa shape index (κ3) is 5.26. The molecule has 3 rings (SSSR count). The number of halogens is 1. The van der Waals surface area contributed by atoms with Crippen LogP contribution in [0.25, 0.3) is 10.2 Å². The molecule has 0 fully saturated rings. The second-order valence-corrected chi connectivity index (χ2v) is 11.3. The second kappa shape index (κ2) is 9.65. The van der Waals surface area contributed by atoms with Crippen LogP contribution in [0, 0.1) is 6.92 Å². The Hall–Kier alpha value is -2.00. The molecule has 0 aliphatic heterocycles. The first-order valence-electron chi connectivity index (χ1n) is 9.99. The molecule has 1 aromatic heterocycles. The minimum Gasteiger partial charge on any atom is -0.309 e. The van der Waals surface area contributed by atoms with Gasteiger partial charge in [0.25, 0.3) is 5.91 Å². The standard InChI is InChI=1S/C22H26ClN3O3S2/c1-5-31(28,29)19-10-7-6-9-17(19)21(27)26(12-8-11-25(3)4)22-24-20-15(2)13-16(23)14-18(20)30-22/h6-7,9-10,13-14H,5,8,11-12H2,1-4H3. The summed E-state index contributed by atoms with van der Waals surface area (Å²) in [6.45, 7) is 4.71. The highest BCUT2D eigenvalue weighted by Gasteiger charge is 2.27. The van der Waals surface area contributed by atoms with E-state index in [1.807, 2.05) is 38.1 Å². The van der Waals surface area contributed by atoms with E-state index in [0.717, 1.165) is 28.7 Å². The quantitative estimate of drug-likeness (QED) is 0.470. The Balaban J connectivity index is 2.09. The number of anilines is 1. The summed E-state index contributed by atoms with van der Waals surface area (Å²) in [6, 6.07) is 10.1. The Labute approximate surface area is 192 Å². The van der Waals surface area contributed by atoms with Crippen LogP contribution in [0.15, 0.2) is 41.3 Å². The molecule has 0 saturated heterocycles. The third-order valence-electron chi connectivity index (χ3n) is 4.93. The summed E-state index contributed by atoms with van der Waals surface area (Å²) in [5.74, 6) is -0.439. The largest absolute Gasteiger partial charge is 0.309 e. The molecule has 2 aromatic carbocycles. The van der Waals surface area contributed by atoms with Crippen LogP contribution in [0.1, 0.15) is 29.3 Å². The van der Waals surface area contributed by atoms with Crippen molar-refractivity contribution in [2.45, 2.75) is 25.2 Å². The van der Waals surface area contributed by atoms with Crippen LogP contribution in [0.3, 0.4) is 0 Å². The van der Waals surface area contributed by atoms with Crippen molar-refractivity contribution in [3.05, 3.63) is 52.5 Å². The summed E-state index contributed by atoms with van der Waals surface area (Å²) >= 11 is 7.58. The third-order valence-corrected chi connectivity index (χ3v) is 7.96. The molecule has 0 N–H and O–H groups in total. The monoisotopic (exact) mass is 479 g/mol. The Morgan fingerprint density at radius 3 is 2.55 bits per heavy atom. The van der Waals surface area contributed by atoms with Crippen LogP contribution in [0.5, 0.6) is 0 Å². The van der Waals surface area contributed by atoms with E-state index in [4.69, 9.17) is 16.6 Å². The predicted molar refractivity (Wildman–Crippen MR) is 128 cm³/mol. The molecule has 0 aliphatic rings. The number of carbonyl (C=O) groups is 1. The molecule has 1 amide bonds. The number of thiazole rings is 1. The smallest absolute Gasteiger partial charge is 0.261 e. The van der Waals surface area contributed by atoms with Gasteiger partial charge in [0, 0.05) is 11.6 Å². The molecule has 31 heavy (non-hydrogen) atoms. The molecule has 0 radical (unpaired) electrons. The van der Waals surface area contributed by atoms with Crippen molar-refractivity contribution in [3.8, 4) is 0 Å². The average Bonchev–Trinajstić information content (AvgIpc) is 3.14. The van der Waals surface area contributed by atoms with Gasteiger partial charge in [-0.2, -0.15) is 0 Å². The summed E-state index contributed by atoms with van der Waals surface area (Å²) in [4.78, 5) is 22.0. The fourth-order valence-electron chi connectivity index (χ4n) is 3.30. The molecular weight excluding hydrogens is 454 g/mol. The van der Waals surface area contributed by atoms with E-state index in [1.54, 1.807) is 30.0 Å². The fourth-order valence-corrected chi connectivity index (χ4v) is 5.83. The number of aromatic nitrogens is 1. The van der Waals surface area contributed by atoms with Crippen LogP contribution in [-0.2, 0) is 9.84 Å². The molecule has 3 aromatic rings. The zero-order valence-electron chi connectivity index (χ0n) is 18.1. The number of rotatable bonds is 8. The molecule has 0 unspecified atom stereocenters. The van der Waals surface area contributed by atoms with Gasteiger partial charge in [-0.3, -0.25) is 9.69 Å². The van der Waals surface area contributed by atoms with Gasteiger partial charge in [0.15, 0.2) is 15.0 Å². The topological polar surface area (TPSA) is 70.6 Å². The van der Waals surface area contributed by atoms with E-state index in [0.29, 0.717) is 16.7 Å². The highest BCUT2D eigenvalue weighted by Crippen LogP contribution is 2.34. The van der Waals surface area contributed by atoms with Crippen molar-refractivity contribution in [2.24, 2.45) is 0 Å². The number of carbonyl (C=O) groups excluding carboxylic acids is 1. The van der Waals surface area contributed by atoms with Gasteiger partial charge < -0.3 is 4.90 Å². The highest BCUT2D eigenvalue weighted by molar-refractivity contribution is 7.91. The Bertz CT molecular complexity index is 1210. The molecule has 0 bridgehead atoms. The van der Waals surface area contributed by atoms with Crippen LogP contribution < -0.4 is 4.90 Å². The van der Waals surface area contributed by atoms with Crippen molar-refractivity contribution in [2.75, 3.05) is 37.8 Å². The van der Waals surface area contributed by atoms with Crippen LogP contribution in [0.4, 0.5) is 5.13 Å². The van der Waals surface area contributed by atoms with Gasteiger partial charge in [-0.1, -0.05) is 42.0 Å². The molecule has 0 saturated carbocycles. The number of sulfone groups is 1. The number of benzene rings is 2. The lowest BCUT2D eigenvalue weighted by atomic mass is 10.2. The highest BCUT2D eigenvalue weighted by atomic mass is 35.5. The predicted octanol–water partition coefficient (Wildman–Crippen LogP) is 4.65.